The van der Waals surface area contributed by atoms with E-state index in [-0.39, 0.29) is 0 Å². The van der Waals surface area contributed by atoms with Gasteiger partial charge in [0.25, 0.3) is 0 Å². The summed E-state index contributed by atoms with van der Waals surface area (Å²) < 4.78 is 13.2. The molecule has 0 aliphatic rings. The first kappa shape index (κ1) is 35.6. The van der Waals surface area contributed by atoms with Crippen molar-refractivity contribution in [2.24, 2.45) is 0 Å². The van der Waals surface area contributed by atoms with E-state index in [0.717, 1.165) is 94.2 Å². The van der Waals surface area contributed by atoms with Crippen LogP contribution in [-0.2, 0) is 0 Å². The number of benzene rings is 9. The van der Waals surface area contributed by atoms with Gasteiger partial charge < -0.3 is 8.83 Å². The van der Waals surface area contributed by atoms with Crippen molar-refractivity contribution in [1.29, 1.82) is 0 Å². The molecule has 0 spiro atoms. The Bertz CT molecular complexity index is 3600. The minimum absolute atomic E-state index is 0.688. The molecule has 0 aliphatic carbocycles. The summed E-state index contributed by atoms with van der Waals surface area (Å²) in [6.07, 6.45) is 1.62. The zero-order chi connectivity index (χ0) is 41.0. The second-order valence-corrected chi connectivity index (χ2v) is 15.8. The SMILES string of the molecule is c1ccc(-c2ccc(-c3ccc4oc5c(-c6cccc(-c7cccc(-c8ncnc9c8oc8ccccc89)c7)c6)cc(-c6ccc(-c7ccccc7)cc6)cc5c4c3)cc2)cc1. The molecule has 62 heavy (non-hydrogen) atoms. The Morgan fingerprint density at radius 1 is 0.274 bits per heavy atom. The van der Waals surface area contributed by atoms with E-state index in [1.165, 1.54) is 22.3 Å². The fourth-order valence-corrected chi connectivity index (χ4v) is 8.85. The van der Waals surface area contributed by atoms with Gasteiger partial charge in [-0.05, 0) is 110 Å². The summed E-state index contributed by atoms with van der Waals surface area (Å²) in [4.78, 5) is 9.30. The first-order chi connectivity index (χ1) is 30.7. The van der Waals surface area contributed by atoms with Crippen LogP contribution in [0.15, 0.2) is 227 Å². The molecule has 0 aliphatic heterocycles. The smallest absolute Gasteiger partial charge is 0.180 e. The standard InChI is InChI=1S/C58H36N2O2/c1-3-11-37(12-4-1)39-21-25-41(26-22-39)45-29-30-54-51(33-45)52-35-48(42-27-23-40(24-28-42)38-13-5-2-6-14-38)34-50(57(52)61-54)46-17-9-15-43(31-46)44-16-10-18-47(32-44)55-58-56(60-36-59-55)49-19-7-8-20-53(49)62-58/h1-36H. The van der Waals surface area contributed by atoms with Gasteiger partial charge in [0, 0.05) is 27.3 Å². The quantitative estimate of drug-likeness (QED) is 0.161. The topological polar surface area (TPSA) is 52.1 Å². The van der Waals surface area contributed by atoms with Crippen LogP contribution in [0.25, 0.3) is 122 Å². The molecule has 9 aromatic carbocycles. The molecular weight excluding hydrogens is 757 g/mol. The Hall–Kier alpha value is -8.34. The van der Waals surface area contributed by atoms with Crippen molar-refractivity contribution in [1.82, 2.24) is 9.97 Å². The highest BCUT2D eigenvalue weighted by atomic mass is 16.3. The third-order valence-electron chi connectivity index (χ3n) is 12.0. The van der Waals surface area contributed by atoms with E-state index in [1.807, 2.05) is 24.3 Å². The Kier molecular flexibility index (Phi) is 8.46. The van der Waals surface area contributed by atoms with Crippen molar-refractivity contribution < 1.29 is 8.83 Å². The van der Waals surface area contributed by atoms with Crippen LogP contribution in [0.2, 0.25) is 0 Å². The molecule has 0 bridgehead atoms. The van der Waals surface area contributed by atoms with Gasteiger partial charge in [-0.2, -0.15) is 0 Å². The maximum Gasteiger partial charge on any atom is 0.180 e. The van der Waals surface area contributed by atoms with Crippen molar-refractivity contribution in [2.45, 2.75) is 0 Å². The van der Waals surface area contributed by atoms with Crippen LogP contribution in [0, 0.1) is 0 Å². The van der Waals surface area contributed by atoms with Crippen LogP contribution < -0.4 is 0 Å². The Labute approximate surface area is 358 Å². The Morgan fingerprint density at radius 3 is 1.44 bits per heavy atom. The summed E-state index contributed by atoms with van der Waals surface area (Å²) in [7, 11) is 0. The lowest BCUT2D eigenvalue weighted by Crippen LogP contribution is -1.88. The predicted octanol–water partition coefficient (Wildman–Crippen LogP) is 15.9. The molecule has 290 valence electrons. The second kappa shape index (κ2) is 14.7. The average molecular weight is 793 g/mol. The number of aromatic nitrogens is 2. The number of nitrogens with zero attached hydrogens (tertiary/aromatic N) is 2. The predicted molar refractivity (Wildman–Crippen MR) is 255 cm³/mol. The summed E-state index contributed by atoms with van der Waals surface area (Å²) in [5.41, 5.74) is 19.4. The van der Waals surface area contributed by atoms with Gasteiger partial charge in [-0.3, -0.25) is 0 Å². The van der Waals surface area contributed by atoms with Crippen LogP contribution in [0.3, 0.4) is 0 Å². The van der Waals surface area contributed by atoms with Crippen LogP contribution in [-0.4, -0.2) is 9.97 Å². The fraction of sp³-hybridized carbons (Fsp3) is 0. The number of rotatable bonds is 7. The molecular formula is C58H36N2O2. The van der Waals surface area contributed by atoms with Gasteiger partial charge in [0.15, 0.2) is 5.58 Å². The van der Waals surface area contributed by atoms with Crippen molar-refractivity contribution in [3.8, 4) is 78.0 Å². The molecule has 4 nitrogen and oxygen atoms in total. The van der Waals surface area contributed by atoms with E-state index in [1.54, 1.807) is 6.33 Å². The second-order valence-electron chi connectivity index (χ2n) is 15.8. The summed E-state index contributed by atoms with van der Waals surface area (Å²) >= 11 is 0. The minimum atomic E-state index is 0.688. The number of fused-ring (bicyclic) bond motifs is 6. The molecule has 3 heterocycles. The zero-order valence-corrected chi connectivity index (χ0v) is 33.5. The molecule has 0 N–H and O–H groups in total. The molecule has 12 aromatic rings. The minimum Gasteiger partial charge on any atom is -0.455 e. The van der Waals surface area contributed by atoms with Gasteiger partial charge in [0.1, 0.15) is 34.3 Å². The van der Waals surface area contributed by atoms with Crippen molar-refractivity contribution in [3.05, 3.63) is 219 Å². The Morgan fingerprint density at radius 2 is 0.742 bits per heavy atom. The largest absolute Gasteiger partial charge is 0.455 e. The number of furan rings is 2. The maximum atomic E-state index is 6.84. The lowest BCUT2D eigenvalue weighted by Gasteiger charge is -2.11. The van der Waals surface area contributed by atoms with E-state index in [0.29, 0.717) is 5.58 Å². The van der Waals surface area contributed by atoms with Crippen LogP contribution in [0.1, 0.15) is 0 Å². The normalized spacial score (nSPS) is 11.5. The lowest BCUT2D eigenvalue weighted by molar-refractivity contribution is 0.667. The summed E-state index contributed by atoms with van der Waals surface area (Å²) in [5, 5.41) is 3.14. The lowest BCUT2D eigenvalue weighted by atomic mass is 9.92. The van der Waals surface area contributed by atoms with E-state index < -0.39 is 0 Å². The third-order valence-corrected chi connectivity index (χ3v) is 12.0. The molecule has 0 saturated carbocycles. The summed E-state index contributed by atoms with van der Waals surface area (Å²) in [6.45, 7) is 0. The van der Waals surface area contributed by atoms with Gasteiger partial charge in [-0.1, -0.05) is 164 Å². The first-order valence-electron chi connectivity index (χ1n) is 20.9. The number of hydrogen-bond donors (Lipinski definition) is 0. The van der Waals surface area contributed by atoms with Crippen molar-refractivity contribution in [2.75, 3.05) is 0 Å². The molecule has 0 amide bonds. The van der Waals surface area contributed by atoms with Gasteiger partial charge >= 0.3 is 0 Å². The van der Waals surface area contributed by atoms with Gasteiger partial charge in [0.05, 0.1) is 0 Å². The summed E-state index contributed by atoms with van der Waals surface area (Å²) in [5.74, 6) is 0. The maximum absolute atomic E-state index is 6.84. The first-order valence-corrected chi connectivity index (χ1v) is 20.9. The molecule has 12 rings (SSSR count). The molecule has 4 heteroatoms. The summed E-state index contributed by atoms with van der Waals surface area (Å²) in [6, 6.07) is 75.1. The van der Waals surface area contributed by atoms with Gasteiger partial charge in [0.2, 0.25) is 0 Å². The third kappa shape index (κ3) is 6.25. The van der Waals surface area contributed by atoms with E-state index in [9.17, 15) is 0 Å². The highest BCUT2D eigenvalue weighted by molar-refractivity contribution is 6.12. The molecule has 0 atom stereocenters. The molecule has 0 unspecified atom stereocenters. The highest BCUT2D eigenvalue weighted by Crippen LogP contribution is 2.42. The van der Waals surface area contributed by atoms with Crippen molar-refractivity contribution in [3.63, 3.8) is 0 Å². The Balaban J connectivity index is 0.980. The monoisotopic (exact) mass is 792 g/mol. The zero-order valence-electron chi connectivity index (χ0n) is 33.5. The fourth-order valence-electron chi connectivity index (χ4n) is 8.85. The van der Waals surface area contributed by atoms with Crippen LogP contribution in [0.4, 0.5) is 0 Å². The van der Waals surface area contributed by atoms with E-state index in [4.69, 9.17) is 13.8 Å². The molecule has 3 aromatic heterocycles. The average Bonchev–Trinajstić information content (AvgIpc) is 3.93. The van der Waals surface area contributed by atoms with E-state index in [2.05, 4.69) is 193 Å². The molecule has 0 radical (unpaired) electrons. The number of para-hydroxylation sites is 1. The van der Waals surface area contributed by atoms with Gasteiger partial charge in [-0.15, -0.1) is 0 Å². The highest BCUT2D eigenvalue weighted by Gasteiger charge is 2.19. The van der Waals surface area contributed by atoms with E-state index >= 15 is 0 Å². The molecule has 0 saturated heterocycles. The van der Waals surface area contributed by atoms with Crippen molar-refractivity contribution >= 4 is 44.0 Å². The number of hydrogen-bond acceptors (Lipinski definition) is 4. The van der Waals surface area contributed by atoms with Crippen LogP contribution >= 0.6 is 0 Å². The molecule has 0 fully saturated rings. The van der Waals surface area contributed by atoms with Gasteiger partial charge in [-0.25, -0.2) is 9.97 Å². The van der Waals surface area contributed by atoms with Crippen LogP contribution in [0.5, 0.6) is 0 Å².